The Balaban J connectivity index is 1.59. The van der Waals surface area contributed by atoms with Gasteiger partial charge in [0.2, 0.25) is 0 Å². The van der Waals surface area contributed by atoms with E-state index in [-0.39, 0.29) is 6.10 Å². The number of rotatable bonds is 4. The van der Waals surface area contributed by atoms with E-state index in [1.54, 1.807) is 4.90 Å². The Hall–Kier alpha value is -1.84. The molecule has 132 valence electrons. The second-order valence-electron chi connectivity index (χ2n) is 8.11. The lowest BCUT2D eigenvalue weighted by atomic mass is 9.92. The molecule has 3 heteroatoms. The molecule has 0 saturated carbocycles. The summed E-state index contributed by atoms with van der Waals surface area (Å²) < 4.78 is 2.30. The van der Waals surface area contributed by atoms with Crippen LogP contribution in [-0.4, -0.2) is 35.4 Å². The molecule has 0 aliphatic carbocycles. The molecule has 1 aliphatic heterocycles. The number of aliphatic hydroxyl groups is 1. The van der Waals surface area contributed by atoms with Crippen molar-refractivity contribution >= 4 is 21.8 Å². The Morgan fingerprint density at radius 2 is 1.48 bits per heavy atom. The third-order valence-corrected chi connectivity index (χ3v) is 5.68. The van der Waals surface area contributed by atoms with Crippen molar-refractivity contribution in [3.8, 4) is 0 Å². The van der Waals surface area contributed by atoms with E-state index in [0.717, 1.165) is 18.4 Å². The predicted octanol–water partition coefficient (Wildman–Crippen LogP) is 2.72. The van der Waals surface area contributed by atoms with Crippen LogP contribution in [0.15, 0.2) is 48.5 Å². The average Bonchev–Trinajstić information content (AvgIpc) is 2.89. The summed E-state index contributed by atoms with van der Waals surface area (Å²) in [6.45, 7) is 8.57. The molecular weight excluding hydrogens is 308 g/mol. The first-order valence-corrected chi connectivity index (χ1v) is 9.59. The van der Waals surface area contributed by atoms with Gasteiger partial charge in [-0.3, -0.25) is 0 Å². The molecule has 0 amide bonds. The fraction of sp³-hybridized carbons (Fsp3) is 0.455. The molecule has 25 heavy (non-hydrogen) atoms. The van der Waals surface area contributed by atoms with Gasteiger partial charge in [-0.05, 0) is 18.6 Å². The summed E-state index contributed by atoms with van der Waals surface area (Å²) in [4.78, 5) is 1.56. The summed E-state index contributed by atoms with van der Waals surface area (Å²) >= 11 is 0. The Bertz CT molecular complexity index is 805. The van der Waals surface area contributed by atoms with E-state index in [1.807, 2.05) is 0 Å². The summed E-state index contributed by atoms with van der Waals surface area (Å²) in [7, 11) is 0. The zero-order valence-electron chi connectivity index (χ0n) is 15.3. The normalized spacial score (nSPS) is 25.5. The van der Waals surface area contributed by atoms with Crippen molar-refractivity contribution in [3.05, 3.63) is 48.5 Å². The minimum atomic E-state index is -0.313. The van der Waals surface area contributed by atoms with Crippen LogP contribution in [0.25, 0.3) is 21.8 Å². The largest absolute Gasteiger partial charge is 0.385 e. The number of nitrogens with one attached hydrogen (secondary N) is 1. The van der Waals surface area contributed by atoms with Crippen molar-refractivity contribution in [3.63, 3.8) is 0 Å². The van der Waals surface area contributed by atoms with E-state index >= 15 is 0 Å². The number of aromatic nitrogens is 1. The molecule has 1 fully saturated rings. The molecule has 0 unspecified atom stereocenters. The fourth-order valence-corrected chi connectivity index (χ4v) is 4.90. The third kappa shape index (κ3) is 3.31. The molecule has 3 atom stereocenters. The van der Waals surface area contributed by atoms with Crippen molar-refractivity contribution in [2.45, 2.75) is 32.9 Å². The molecule has 1 aromatic heterocycles. The van der Waals surface area contributed by atoms with E-state index in [9.17, 15) is 5.11 Å². The topological polar surface area (TPSA) is 29.6 Å². The van der Waals surface area contributed by atoms with Crippen molar-refractivity contribution in [1.29, 1.82) is 0 Å². The van der Waals surface area contributed by atoms with Crippen molar-refractivity contribution < 1.29 is 10.0 Å². The van der Waals surface area contributed by atoms with Crippen LogP contribution in [0, 0.1) is 11.8 Å². The maximum Gasteiger partial charge on any atom is 0.121 e. The Morgan fingerprint density at radius 1 is 0.960 bits per heavy atom. The highest BCUT2D eigenvalue weighted by molar-refractivity contribution is 6.07. The van der Waals surface area contributed by atoms with E-state index < -0.39 is 0 Å². The van der Waals surface area contributed by atoms with Gasteiger partial charge in [-0.1, -0.05) is 50.2 Å². The van der Waals surface area contributed by atoms with Gasteiger partial charge in [0.05, 0.1) is 19.6 Å². The second kappa shape index (κ2) is 6.81. The van der Waals surface area contributed by atoms with Gasteiger partial charge in [0.1, 0.15) is 12.6 Å². The van der Waals surface area contributed by atoms with Crippen LogP contribution in [0.2, 0.25) is 0 Å². The standard InChI is InChI=1S/C22H28N2O/c1-16-11-17(2)13-23(12-16)14-18(25)15-24-21-9-5-3-7-19(21)20-8-4-6-10-22(20)24/h3-10,16-18,25H,11-15H2,1-2H3/p+1/t16-,17-,18-/m0/s1. The molecule has 1 saturated heterocycles. The van der Waals surface area contributed by atoms with Crippen LogP contribution >= 0.6 is 0 Å². The highest BCUT2D eigenvalue weighted by atomic mass is 16.3. The number of benzene rings is 2. The summed E-state index contributed by atoms with van der Waals surface area (Å²) in [5, 5.41) is 13.4. The highest BCUT2D eigenvalue weighted by Gasteiger charge is 2.27. The van der Waals surface area contributed by atoms with Gasteiger partial charge >= 0.3 is 0 Å². The number of nitrogens with zero attached hydrogens (tertiary/aromatic N) is 1. The lowest BCUT2D eigenvalue weighted by Gasteiger charge is -2.33. The minimum Gasteiger partial charge on any atom is -0.385 e. The van der Waals surface area contributed by atoms with E-state index in [2.05, 4.69) is 66.9 Å². The SMILES string of the molecule is C[C@H]1C[C@H](C)C[NH+](C[C@H](O)Cn2c3ccccc3c3ccccc32)C1. The van der Waals surface area contributed by atoms with Crippen LogP contribution < -0.4 is 4.90 Å². The monoisotopic (exact) mass is 337 g/mol. The maximum absolute atomic E-state index is 10.8. The first-order valence-electron chi connectivity index (χ1n) is 9.59. The van der Waals surface area contributed by atoms with Crippen molar-refractivity contribution in [1.82, 2.24) is 4.57 Å². The number of piperidine rings is 1. The van der Waals surface area contributed by atoms with E-state index in [4.69, 9.17) is 0 Å². The number of fused-ring (bicyclic) bond motifs is 3. The molecule has 0 spiro atoms. The molecule has 1 aliphatic rings. The zero-order chi connectivity index (χ0) is 17.4. The number of hydrogen-bond acceptors (Lipinski definition) is 1. The van der Waals surface area contributed by atoms with Crippen LogP contribution in [0.3, 0.4) is 0 Å². The molecule has 4 rings (SSSR count). The molecule has 2 N–H and O–H groups in total. The summed E-state index contributed by atoms with van der Waals surface area (Å²) in [6.07, 6.45) is 1.01. The van der Waals surface area contributed by atoms with Gasteiger partial charge in [-0.15, -0.1) is 0 Å². The lowest BCUT2D eigenvalue weighted by molar-refractivity contribution is -0.915. The van der Waals surface area contributed by atoms with Gasteiger partial charge < -0.3 is 14.6 Å². The maximum atomic E-state index is 10.8. The zero-order valence-corrected chi connectivity index (χ0v) is 15.3. The summed E-state index contributed by atoms with van der Waals surface area (Å²) in [6, 6.07) is 17.1. The van der Waals surface area contributed by atoms with Crippen molar-refractivity contribution in [2.75, 3.05) is 19.6 Å². The predicted molar refractivity (Wildman–Crippen MR) is 104 cm³/mol. The third-order valence-electron chi connectivity index (χ3n) is 5.68. The molecule has 3 nitrogen and oxygen atoms in total. The molecule has 0 radical (unpaired) electrons. The number of likely N-dealkylation sites (tertiary alicyclic amines) is 1. The van der Waals surface area contributed by atoms with Gasteiger partial charge in [-0.25, -0.2) is 0 Å². The number of hydrogen-bond donors (Lipinski definition) is 2. The van der Waals surface area contributed by atoms with Crippen LogP contribution in [0.5, 0.6) is 0 Å². The number of aliphatic hydroxyl groups excluding tert-OH is 1. The molecular formula is C22H29N2O+. The summed E-state index contributed by atoms with van der Waals surface area (Å²) in [5.41, 5.74) is 2.44. The summed E-state index contributed by atoms with van der Waals surface area (Å²) in [5.74, 6) is 1.53. The van der Waals surface area contributed by atoms with E-state index in [0.29, 0.717) is 6.54 Å². The Morgan fingerprint density at radius 3 is 2.04 bits per heavy atom. The smallest absolute Gasteiger partial charge is 0.121 e. The molecule has 3 aromatic rings. The lowest BCUT2D eigenvalue weighted by Crippen LogP contribution is -3.15. The van der Waals surface area contributed by atoms with Gasteiger partial charge in [0.15, 0.2) is 0 Å². The first kappa shape index (κ1) is 16.6. The van der Waals surface area contributed by atoms with Crippen LogP contribution in [0.4, 0.5) is 0 Å². The van der Waals surface area contributed by atoms with Crippen LogP contribution in [-0.2, 0) is 6.54 Å². The van der Waals surface area contributed by atoms with Crippen molar-refractivity contribution in [2.24, 2.45) is 11.8 Å². The number of quaternary nitrogens is 1. The molecule has 0 bridgehead atoms. The average molecular weight is 337 g/mol. The second-order valence-corrected chi connectivity index (χ2v) is 8.11. The Kier molecular flexibility index (Phi) is 4.53. The number of para-hydroxylation sites is 2. The Labute approximate surface area is 149 Å². The van der Waals surface area contributed by atoms with Gasteiger partial charge in [0, 0.05) is 33.6 Å². The minimum absolute atomic E-state index is 0.313. The molecule has 2 aromatic carbocycles. The quantitative estimate of drug-likeness (QED) is 0.753. The fourth-order valence-electron chi connectivity index (χ4n) is 4.90. The van der Waals surface area contributed by atoms with Gasteiger partial charge in [-0.2, -0.15) is 0 Å². The van der Waals surface area contributed by atoms with Gasteiger partial charge in [0.25, 0.3) is 0 Å². The van der Waals surface area contributed by atoms with E-state index in [1.165, 1.54) is 41.3 Å². The highest BCUT2D eigenvalue weighted by Crippen LogP contribution is 2.28. The first-order chi connectivity index (χ1) is 12.1. The van der Waals surface area contributed by atoms with Crippen LogP contribution in [0.1, 0.15) is 20.3 Å². The molecule has 2 heterocycles.